The molecule has 0 amide bonds. The minimum Gasteiger partial charge on any atom is -0.424 e. The van der Waals surface area contributed by atoms with Gasteiger partial charge in [0, 0.05) is 13.5 Å². The molecule has 1 aromatic heterocycles. The van der Waals surface area contributed by atoms with Crippen LogP contribution in [-0.2, 0) is 13.0 Å². The Labute approximate surface area is 119 Å². The summed E-state index contributed by atoms with van der Waals surface area (Å²) in [5.41, 5.74) is 2.83. The van der Waals surface area contributed by atoms with E-state index < -0.39 is 0 Å². The SMILES string of the molecule is CCCCN1Cc2ccccc2CC1c1nnc(C)o1. The van der Waals surface area contributed by atoms with Crippen LogP contribution in [0.5, 0.6) is 0 Å². The zero-order chi connectivity index (χ0) is 13.9. The fourth-order valence-corrected chi connectivity index (χ4v) is 2.86. The van der Waals surface area contributed by atoms with Crippen molar-refractivity contribution in [3.63, 3.8) is 0 Å². The monoisotopic (exact) mass is 271 g/mol. The summed E-state index contributed by atoms with van der Waals surface area (Å²) in [5, 5.41) is 8.23. The minimum absolute atomic E-state index is 0.220. The number of unbranched alkanes of at least 4 members (excludes halogenated alkanes) is 1. The van der Waals surface area contributed by atoms with Crippen molar-refractivity contribution in [2.24, 2.45) is 0 Å². The molecule has 2 heterocycles. The van der Waals surface area contributed by atoms with Gasteiger partial charge in [0.15, 0.2) is 0 Å². The van der Waals surface area contributed by atoms with Gasteiger partial charge in [-0.25, -0.2) is 0 Å². The Morgan fingerprint density at radius 3 is 2.75 bits per heavy atom. The third kappa shape index (κ3) is 2.61. The Hall–Kier alpha value is -1.68. The van der Waals surface area contributed by atoms with Gasteiger partial charge in [-0.15, -0.1) is 10.2 Å². The Kier molecular flexibility index (Phi) is 3.83. The molecule has 0 N–H and O–H groups in total. The van der Waals surface area contributed by atoms with Crippen LogP contribution in [0.2, 0.25) is 0 Å². The average Bonchev–Trinajstić information content (AvgIpc) is 2.90. The van der Waals surface area contributed by atoms with Crippen molar-refractivity contribution in [2.75, 3.05) is 6.54 Å². The zero-order valence-electron chi connectivity index (χ0n) is 12.2. The van der Waals surface area contributed by atoms with Crippen LogP contribution >= 0.6 is 0 Å². The predicted molar refractivity (Wildman–Crippen MR) is 77.2 cm³/mol. The van der Waals surface area contributed by atoms with Crippen molar-refractivity contribution in [1.82, 2.24) is 15.1 Å². The standard InChI is InChI=1S/C16H21N3O/c1-3-4-9-19-11-14-8-6-5-7-13(14)10-15(19)16-18-17-12(2)20-16/h5-8,15H,3-4,9-11H2,1-2H3. The van der Waals surface area contributed by atoms with Crippen molar-refractivity contribution in [2.45, 2.75) is 45.7 Å². The average molecular weight is 271 g/mol. The molecule has 0 fully saturated rings. The number of fused-ring (bicyclic) bond motifs is 1. The maximum absolute atomic E-state index is 5.68. The number of hydrogen-bond donors (Lipinski definition) is 0. The molecular formula is C16H21N3O. The van der Waals surface area contributed by atoms with E-state index >= 15 is 0 Å². The molecule has 0 spiro atoms. The highest BCUT2D eigenvalue weighted by atomic mass is 16.4. The van der Waals surface area contributed by atoms with E-state index in [9.17, 15) is 0 Å². The number of benzene rings is 1. The van der Waals surface area contributed by atoms with E-state index in [0.29, 0.717) is 5.89 Å². The van der Waals surface area contributed by atoms with Crippen LogP contribution < -0.4 is 0 Å². The van der Waals surface area contributed by atoms with Gasteiger partial charge in [-0.3, -0.25) is 4.90 Å². The van der Waals surface area contributed by atoms with E-state index in [1.807, 2.05) is 6.92 Å². The lowest BCUT2D eigenvalue weighted by Crippen LogP contribution is -2.35. The summed E-state index contributed by atoms with van der Waals surface area (Å²) in [6.45, 7) is 6.13. The molecule has 0 saturated carbocycles. The fourth-order valence-electron chi connectivity index (χ4n) is 2.86. The largest absolute Gasteiger partial charge is 0.424 e. The van der Waals surface area contributed by atoms with Crippen molar-refractivity contribution in [3.05, 3.63) is 47.2 Å². The molecule has 0 aliphatic carbocycles. The summed E-state index contributed by atoms with van der Waals surface area (Å²) >= 11 is 0. The molecule has 0 saturated heterocycles. The second kappa shape index (κ2) is 5.75. The van der Waals surface area contributed by atoms with Gasteiger partial charge < -0.3 is 4.42 Å². The lowest BCUT2D eigenvalue weighted by molar-refractivity contribution is 0.143. The summed E-state index contributed by atoms with van der Waals surface area (Å²) in [7, 11) is 0. The highest BCUT2D eigenvalue weighted by molar-refractivity contribution is 5.30. The van der Waals surface area contributed by atoms with E-state index in [0.717, 1.165) is 25.4 Å². The van der Waals surface area contributed by atoms with Crippen molar-refractivity contribution in [3.8, 4) is 0 Å². The van der Waals surface area contributed by atoms with Crippen LogP contribution in [0.3, 0.4) is 0 Å². The van der Waals surface area contributed by atoms with Gasteiger partial charge in [0.05, 0.1) is 6.04 Å². The first kappa shape index (κ1) is 13.3. The van der Waals surface area contributed by atoms with Crippen LogP contribution in [0.4, 0.5) is 0 Å². The minimum atomic E-state index is 0.220. The number of aromatic nitrogens is 2. The normalized spacial score (nSPS) is 19.0. The van der Waals surface area contributed by atoms with Gasteiger partial charge in [-0.2, -0.15) is 0 Å². The summed E-state index contributed by atoms with van der Waals surface area (Å²) in [4.78, 5) is 2.47. The third-order valence-electron chi connectivity index (χ3n) is 3.97. The van der Waals surface area contributed by atoms with E-state index in [-0.39, 0.29) is 6.04 Å². The Morgan fingerprint density at radius 1 is 1.25 bits per heavy atom. The molecule has 0 bridgehead atoms. The first-order chi connectivity index (χ1) is 9.78. The number of hydrogen-bond acceptors (Lipinski definition) is 4. The van der Waals surface area contributed by atoms with E-state index in [4.69, 9.17) is 4.42 Å². The quantitative estimate of drug-likeness (QED) is 0.856. The van der Waals surface area contributed by atoms with Crippen LogP contribution in [0, 0.1) is 6.92 Å². The van der Waals surface area contributed by atoms with Gasteiger partial charge in [-0.1, -0.05) is 37.6 Å². The molecule has 1 atom stereocenters. The number of aryl methyl sites for hydroxylation is 1. The van der Waals surface area contributed by atoms with Crippen LogP contribution in [0.15, 0.2) is 28.7 Å². The molecular weight excluding hydrogens is 250 g/mol. The Balaban J connectivity index is 1.89. The summed E-state index contributed by atoms with van der Waals surface area (Å²) in [6.07, 6.45) is 3.36. The fraction of sp³-hybridized carbons (Fsp3) is 0.500. The molecule has 1 aliphatic rings. The highest BCUT2D eigenvalue weighted by Crippen LogP contribution is 2.32. The lowest BCUT2D eigenvalue weighted by Gasteiger charge is -2.34. The first-order valence-corrected chi connectivity index (χ1v) is 7.38. The van der Waals surface area contributed by atoms with Gasteiger partial charge in [0.2, 0.25) is 11.8 Å². The molecule has 2 aromatic rings. The topological polar surface area (TPSA) is 42.2 Å². The predicted octanol–water partition coefficient (Wildman–Crippen LogP) is 3.28. The van der Waals surface area contributed by atoms with E-state index in [1.54, 1.807) is 0 Å². The van der Waals surface area contributed by atoms with E-state index in [2.05, 4.69) is 46.3 Å². The third-order valence-corrected chi connectivity index (χ3v) is 3.97. The molecule has 20 heavy (non-hydrogen) atoms. The zero-order valence-corrected chi connectivity index (χ0v) is 12.2. The highest BCUT2D eigenvalue weighted by Gasteiger charge is 2.30. The summed E-state index contributed by atoms with van der Waals surface area (Å²) in [5.74, 6) is 1.41. The molecule has 1 unspecified atom stereocenters. The molecule has 4 heteroatoms. The molecule has 1 aromatic carbocycles. The van der Waals surface area contributed by atoms with Crippen LogP contribution in [0.1, 0.15) is 48.7 Å². The van der Waals surface area contributed by atoms with Gasteiger partial charge in [0.1, 0.15) is 0 Å². The van der Waals surface area contributed by atoms with Crippen LogP contribution in [0.25, 0.3) is 0 Å². The molecule has 4 nitrogen and oxygen atoms in total. The molecule has 1 aliphatic heterocycles. The summed E-state index contributed by atoms with van der Waals surface area (Å²) in [6, 6.07) is 8.88. The first-order valence-electron chi connectivity index (χ1n) is 7.38. The smallest absolute Gasteiger partial charge is 0.233 e. The van der Waals surface area contributed by atoms with Gasteiger partial charge in [-0.05, 0) is 30.5 Å². The van der Waals surface area contributed by atoms with E-state index in [1.165, 1.54) is 24.0 Å². The number of nitrogens with zero attached hydrogens (tertiary/aromatic N) is 3. The van der Waals surface area contributed by atoms with Crippen LogP contribution in [-0.4, -0.2) is 21.6 Å². The van der Waals surface area contributed by atoms with Gasteiger partial charge >= 0.3 is 0 Å². The van der Waals surface area contributed by atoms with Crippen molar-refractivity contribution >= 4 is 0 Å². The maximum atomic E-state index is 5.68. The Morgan fingerprint density at radius 2 is 2.05 bits per heavy atom. The lowest BCUT2D eigenvalue weighted by atomic mass is 9.93. The van der Waals surface area contributed by atoms with Crippen molar-refractivity contribution < 1.29 is 4.42 Å². The number of rotatable bonds is 4. The summed E-state index contributed by atoms with van der Waals surface area (Å²) < 4.78 is 5.68. The molecule has 106 valence electrons. The second-order valence-corrected chi connectivity index (χ2v) is 5.47. The van der Waals surface area contributed by atoms with Gasteiger partial charge in [0.25, 0.3) is 0 Å². The Bertz CT molecular complexity index is 579. The molecule has 3 rings (SSSR count). The second-order valence-electron chi connectivity index (χ2n) is 5.47. The molecule has 0 radical (unpaired) electrons. The van der Waals surface area contributed by atoms with Crippen molar-refractivity contribution in [1.29, 1.82) is 0 Å². The maximum Gasteiger partial charge on any atom is 0.233 e.